The Morgan fingerprint density at radius 2 is 2.17 bits per heavy atom. The van der Waals surface area contributed by atoms with Crippen LogP contribution in [0, 0.1) is 6.92 Å². The molecular weight excluding hydrogens is 344 g/mol. The molecule has 130 valence electrons. The van der Waals surface area contributed by atoms with E-state index in [1.165, 1.54) is 4.88 Å². The molecule has 1 aliphatic rings. The number of benzene rings is 1. The summed E-state index contributed by atoms with van der Waals surface area (Å²) in [5, 5.41) is 15.8. The zero-order chi connectivity index (χ0) is 17.0. The molecule has 0 amide bonds. The number of rotatable bonds is 5. The first-order valence-electron chi connectivity index (χ1n) is 8.36. The molecule has 0 saturated carbocycles. The molecule has 1 fully saturated rings. The van der Waals surface area contributed by atoms with Gasteiger partial charge in [-0.25, -0.2) is 4.98 Å². The van der Waals surface area contributed by atoms with Gasteiger partial charge in [-0.2, -0.15) is 0 Å². The van der Waals surface area contributed by atoms with Crippen molar-refractivity contribution in [2.75, 3.05) is 19.7 Å². The molecule has 24 heavy (non-hydrogen) atoms. The average Bonchev–Trinajstić information content (AvgIpc) is 2.79. The van der Waals surface area contributed by atoms with Crippen LogP contribution in [0.15, 0.2) is 24.3 Å². The van der Waals surface area contributed by atoms with Gasteiger partial charge in [0.15, 0.2) is 0 Å². The van der Waals surface area contributed by atoms with Crippen LogP contribution in [-0.2, 0) is 12.0 Å². The Balaban J connectivity index is 1.65. The number of hydrogen-bond donors (Lipinski definition) is 2. The molecule has 2 heterocycles. The predicted octanol–water partition coefficient (Wildman–Crippen LogP) is 3.69. The number of nitrogens with one attached hydrogen (secondary N) is 1. The fourth-order valence-corrected chi connectivity index (χ4v) is 4.32. The van der Waals surface area contributed by atoms with Crippen molar-refractivity contribution in [3.63, 3.8) is 0 Å². The predicted molar refractivity (Wildman–Crippen MR) is 98.1 cm³/mol. The summed E-state index contributed by atoms with van der Waals surface area (Å²) in [7, 11) is 0. The Hall–Kier alpha value is -1.14. The third-order valence-corrected chi connectivity index (χ3v) is 6.10. The van der Waals surface area contributed by atoms with Crippen molar-refractivity contribution in [2.24, 2.45) is 0 Å². The Labute approximate surface area is 151 Å². The lowest BCUT2D eigenvalue weighted by Crippen LogP contribution is -2.27. The maximum atomic E-state index is 11.0. The van der Waals surface area contributed by atoms with E-state index in [1.54, 1.807) is 11.3 Å². The molecule has 0 unspecified atom stereocenters. The summed E-state index contributed by atoms with van der Waals surface area (Å²) in [6.07, 6.45) is 3.22. The van der Waals surface area contributed by atoms with E-state index in [2.05, 4.69) is 10.3 Å². The molecule has 0 spiro atoms. The van der Waals surface area contributed by atoms with Crippen LogP contribution < -0.4 is 10.1 Å². The van der Waals surface area contributed by atoms with Crippen LogP contribution >= 0.6 is 22.9 Å². The van der Waals surface area contributed by atoms with Crippen molar-refractivity contribution in [1.82, 2.24) is 10.3 Å². The Kier molecular flexibility index (Phi) is 5.76. The highest BCUT2D eigenvalue weighted by molar-refractivity contribution is 7.11. The zero-order valence-corrected chi connectivity index (χ0v) is 15.4. The quantitative estimate of drug-likeness (QED) is 0.847. The van der Waals surface area contributed by atoms with Crippen molar-refractivity contribution in [1.29, 1.82) is 0 Å². The van der Waals surface area contributed by atoms with Gasteiger partial charge >= 0.3 is 0 Å². The van der Waals surface area contributed by atoms with Crippen molar-refractivity contribution in [2.45, 2.75) is 38.2 Å². The first-order valence-corrected chi connectivity index (χ1v) is 9.55. The molecule has 1 aliphatic heterocycles. The van der Waals surface area contributed by atoms with Crippen LogP contribution in [-0.4, -0.2) is 29.8 Å². The summed E-state index contributed by atoms with van der Waals surface area (Å²) in [6, 6.07) is 7.49. The normalized spacial score (nSPS) is 21.5. The lowest BCUT2D eigenvalue weighted by Gasteiger charge is -2.23. The summed E-state index contributed by atoms with van der Waals surface area (Å²) in [5.41, 5.74) is 0.198. The molecule has 1 aromatic carbocycles. The molecule has 2 aromatic rings. The van der Waals surface area contributed by atoms with E-state index in [0.717, 1.165) is 49.5 Å². The van der Waals surface area contributed by atoms with Crippen LogP contribution in [0.5, 0.6) is 5.75 Å². The van der Waals surface area contributed by atoms with Gasteiger partial charge in [0.1, 0.15) is 16.4 Å². The molecule has 1 saturated heterocycles. The monoisotopic (exact) mass is 366 g/mol. The van der Waals surface area contributed by atoms with E-state index in [9.17, 15) is 5.11 Å². The van der Waals surface area contributed by atoms with Crippen LogP contribution in [0.3, 0.4) is 0 Å². The zero-order valence-electron chi connectivity index (χ0n) is 13.8. The van der Waals surface area contributed by atoms with Crippen molar-refractivity contribution < 1.29 is 9.84 Å². The van der Waals surface area contributed by atoms with E-state index in [0.29, 0.717) is 17.4 Å². The van der Waals surface area contributed by atoms with Crippen LogP contribution in [0.1, 0.15) is 34.8 Å². The molecule has 4 nitrogen and oxygen atoms in total. The molecule has 0 aliphatic carbocycles. The maximum Gasteiger partial charge on any atom is 0.137 e. The smallest absolute Gasteiger partial charge is 0.137 e. The third kappa shape index (κ3) is 4.09. The number of thiazole rings is 1. The first kappa shape index (κ1) is 17.7. The van der Waals surface area contributed by atoms with Gasteiger partial charge in [0.25, 0.3) is 0 Å². The van der Waals surface area contributed by atoms with Gasteiger partial charge in [0.05, 0.1) is 17.3 Å². The minimum atomic E-state index is -0.791. The molecule has 0 bridgehead atoms. The number of nitrogens with zero attached hydrogens (tertiary/aromatic N) is 1. The van der Waals surface area contributed by atoms with Crippen molar-refractivity contribution in [3.05, 3.63) is 44.9 Å². The molecule has 6 heteroatoms. The van der Waals surface area contributed by atoms with E-state index in [-0.39, 0.29) is 0 Å². The second kappa shape index (κ2) is 7.83. The summed E-state index contributed by atoms with van der Waals surface area (Å²) >= 11 is 7.71. The highest BCUT2D eigenvalue weighted by Gasteiger charge is 2.33. The largest absolute Gasteiger partial charge is 0.492 e. The fourth-order valence-electron chi connectivity index (χ4n) is 2.94. The minimum absolute atomic E-state index is 0.548. The van der Waals surface area contributed by atoms with Crippen LogP contribution in [0.25, 0.3) is 0 Å². The highest BCUT2D eigenvalue weighted by Crippen LogP contribution is 2.35. The number of hydrogen-bond acceptors (Lipinski definition) is 5. The number of aryl methyl sites for hydroxylation is 1. The van der Waals surface area contributed by atoms with Gasteiger partial charge < -0.3 is 15.2 Å². The fraction of sp³-hybridized carbons (Fsp3) is 0.500. The summed E-state index contributed by atoms with van der Waals surface area (Å²) in [5.74, 6) is 0.704. The van der Waals surface area contributed by atoms with Gasteiger partial charge in [-0.3, -0.25) is 0 Å². The Bertz CT molecular complexity index is 681. The molecule has 1 atom stereocenters. The van der Waals surface area contributed by atoms with Gasteiger partial charge in [-0.1, -0.05) is 23.7 Å². The number of para-hydroxylation sites is 1. The lowest BCUT2D eigenvalue weighted by atomic mass is 9.96. The molecule has 2 N–H and O–H groups in total. The standard InChI is InChI=1S/C18H23ClN2O2S/c1-13-16(7-12-23-15-6-3-2-5-14(15)19)24-17(21-13)18(22)8-4-10-20-11-9-18/h2-3,5-6,20,22H,4,7-12H2,1H3/t18-/m0/s1. The number of aromatic nitrogens is 1. The van der Waals surface area contributed by atoms with Gasteiger partial charge in [-0.15, -0.1) is 11.3 Å². The van der Waals surface area contributed by atoms with E-state index in [1.807, 2.05) is 31.2 Å². The summed E-state index contributed by atoms with van der Waals surface area (Å²) in [4.78, 5) is 5.82. The molecule has 3 rings (SSSR count). The first-order chi connectivity index (χ1) is 11.6. The van der Waals surface area contributed by atoms with Gasteiger partial charge in [0.2, 0.25) is 0 Å². The minimum Gasteiger partial charge on any atom is -0.492 e. The van der Waals surface area contributed by atoms with Gasteiger partial charge in [0, 0.05) is 11.3 Å². The van der Waals surface area contributed by atoms with E-state index in [4.69, 9.17) is 16.3 Å². The van der Waals surface area contributed by atoms with Crippen LogP contribution in [0.4, 0.5) is 0 Å². The highest BCUT2D eigenvalue weighted by atomic mass is 35.5. The number of ether oxygens (including phenoxy) is 1. The molecule has 0 radical (unpaired) electrons. The second-order valence-electron chi connectivity index (χ2n) is 6.19. The number of aliphatic hydroxyl groups is 1. The van der Waals surface area contributed by atoms with E-state index < -0.39 is 5.60 Å². The van der Waals surface area contributed by atoms with E-state index >= 15 is 0 Å². The second-order valence-corrected chi connectivity index (χ2v) is 7.68. The average molecular weight is 367 g/mol. The lowest BCUT2D eigenvalue weighted by molar-refractivity contribution is 0.0237. The van der Waals surface area contributed by atoms with Crippen molar-refractivity contribution in [3.8, 4) is 5.75 Å². The molecular formula is C18H23ClN2O2S. The topological polar surface area (TPSA) is 54.4 Å². The molecule has 1 aromatic heterocycles. The summed E-state index contributed by atoms with van der Waals surface area (Å²) in [6.45, 7) is 4.35. The Morgan fingerprint density at radius 1 is 1.33 bits per heavy atom. The van der Waals surface area contributed by atoms with Crippen molar-refractivity contribution >= 4 is 22.9 Å². The van der Waals surface area contributed by atoms with Crippen LogP contribution in [0.2, 0.25) is 5.02 Å². The summed E-state index contributed by atoms with van der Waals surface area (Å²) < 4.78 is 5.77. The SMILES string of the molecule is Cc1nc([C@]2(O)CCCNCC2)sc1CCOc1ccccc1Cl. The van der Waals surface area contributed by atoms with Gasteiger partial charge in [-0.05, 0) is 51.4 Å². The number of halogens is 1. The maximum absolute atomic E-state index is 11.0. The third-order valence-electron chi connectivity index (χ3n) is 4.37. The Morgan fingerprint density at radius 3 is 3.00 bits per heavy atom.